The van der Waals surface area contributed by atoms with E-state index in [1.807, 2.05) is 49.4 Å². The van der Waals surface area contributed by atoms with E-state index in [2.05, 4.69) is 5.32 Å². The number of hydrogen-bond acceptors (Lipinski definition) is 6. The topological polar surface area (TPSA) is 105 Å². The van der Waals surface area contributed by atoms with Crippen molar-refractivity contribution in [2.45, 2.75) is 37.2 Å². The zero-order valence-corrected chi connectivity index (χ0v) is 26.6. The fourth-order valence-electron chi connectivity index (χ4n) is 4.89. The number of hydrogen-bond donors (Lipinski definition) is 1. The van der Waals surface area contributed by atoms with Gasteiger partial charge in [0.05, 0.1) is 24.8 Å². The average Bonchev–Trinajstić information content (AvgIpc) is 3.08. The maximum Gasteiger partial charge on any atom is 0.264 e. The highest BCUT2D eigenvalue weighted by Gasteiger charge is 2.34. The number of sulfonamides is 1. The first-order valence-electron chi connectivity index (χ1n) is 14.7. The quantitative estimate of drug-likeness (QED) is 0.197. The number of methoxy groups -OCH3 is 2. The Morgan fingerprint density at radius 3 is 2.02 bits per heavy atom. The summed E-state index contributed by atoms with van der Waals surface area (Å²) in [5.41, 5.74) is 1.91. The summed E-state index contributed by atoms with van der Waals surface area (Å²) in [6.07, 6.45) is 0.957. The van der Waals surface area contributed by atoms with E-state index in [-0.39, 0.29) is 23.8 Å². The van der Waals surface area contributed by atoms with E-state index in [1.165, 1.54) is 24.1 Å². The molecule has 0 aliphatic rings. The van der Waals surface area contributed by atoms with Crippen LogP contribution in [0.15, 0.2) is 114 Å². The third kappa shape index (κ3) is 8.63. The van der Waals surface area contributed by atoms with Crippen molar-refractivity contribution in [3.8, 4) is 11.5 Å². The van der Waals surface area contributed by atoms with Crippen LogP contribution in [0.1, 0.15) is 24.5 Å². The van der Waals surface area contributed by atoms with Gasteiger partial charge in [0.15, 0.2) is 0 Å². The van der Waals surface area contributed by atoms with Crippen LogP contribution in [0.5, 0.6) is 11.5 Å². The van der Waals surface area contributed by atoms with E-state index in [1.54, 1.807) is 61.7 Å². The molecule has 0 saturated carbocycles. The number of nitrogens with zero attached hydrogens (tertiary/aromatic N) is 2. The number of carbonyl (C=O) groups is 2. The Morgan fingerprint density at radius 2 is 1.40 bits per heavy atom. The molecule has 236 valence electrons. The SMILES string of the molecule is CCCNC(=O)[C@H](Cc1ccccc1)N(Cc1cccc(OC)c1)C(=O)CN(c1ccccc1)S(=O)(=O)c1ccc(OC)cc1. The largest absolute Gasteiger partial charge is 0.497 e. The van der Waals surface area contributed by atoms with E-state index in [0.717, 1.165) is 21.9 Å². The second kappa shape index (κ2) is 15.8. The van der Waals surface area contributed by atoms with Crippen LogP contribution in [-0.2, 0) is 32.6 Å². The zero-order valence-electron chi connectivity index (χ0n) is 25.8. The summed E-state index contributed by atoms with van der Waals surface area (Å²) in [6.45, 7) is 1.91. The van der Waals surface area contributed by atoms with E-state index in [9.17, 15) is 18.0 Å². The van der Waals surface area contributed by atoms with E-state index in [0.29, 0.717) is 23.7 Å². The maximum atomic E-state index is 14.5. The maximum absolute atomic E-state index is 14.5. The molecule has 1 N–H and O–H groups in total. The lowest BCUT2D eigenvalue weighted by Gasteiger charge is -2.34. The van der Waals surface area contributed by atoms with Crippen LogP contribution in [0, 0.1) is 0 Å². The van der Waals surface area contributed by atoms with Crippen molar-refractivity contribution in [1.82, 2.24) is 10.2 Å². The fraction of sp³-hybridized carbons (Fsp3) is 0.257. The highest BCUT2D eigenvalue weighted by atomic mass is 32.2. The predicted molar refractivity (Wildman–Crippen MR) is 175 cm³/mol. The third-order valence-electron chi connectivity index (χ3n) is 7.28. The first-order valence-corrected chi connectivity index (χ1v) is 16.2. The number of anilines is 1. The third-order valence-corrected chi connectivity index (χ3v) is 9.07. The molecule has 0 radical (unpaired) electrons. The van der Waals surface area contributed by atoms with Gasteiger partial charge >= 0.3 is 0 Å². The van der Waals surface area contributed by atoms with Crippen LogP contribution in [0.2, 0.25) is 0 Å². The molecular weight excluding hydrogens is 590 g/mol. The minimum Gasteiger partial charge on any atom is -0.497 e. The lowest BCUT2D eigenvalue weighted by atomic mass is 10.0. The van der Waals surface area contributed by atoms with Crippen molar-refractivity contribution in [3.63, 3.8) is 0 Å². The molecule has 4 aromatic carbocycles. The van der Waals surface area contributed by atoms with Crippen LogP contribution in [0.3, 0.4) is 0 Å². The van der Waals surface area contributed by atoms with E-state index < -0.39 is 28.5 Å². The molecule has 10 heteroatoms. The minimum absolute atomic E-state index is 0.000762. The van der Waals surface area contributed by atoms with Gasteiger partial charge in [0.1, 0.15) is 24.1 Å². The molecule has 0 spiro atoms. The van der Waals surface area contributed by atoms with E-state index >= 15 is 0 Å². The van der Waals surface area contributed by atoms with Gasteiger partial charge < -0.3 is 19.7 Å². The number of carbonyl (C=O) groups excluding carboxylic acids is 2. The van der Waals surface area contributed by atoms with Gasteiger partial charge in [-0.25, -0.2) is 8.42 Å². The first kappa shape index (κ1) is 33.1. The van der Waals surface area contributed by atoms with E-state index in [4.69, 9.17) is 9.47 Å². The first-order chi connectivity index (χ1) is 21.8. The molecule has 0 heterocycles. The number of rotatable bonds is 15. The molecule has 0 bridgehead atoms. The molecule has 4 rings (SSSR count). The van der Waals surface area contributed by atoms with Crippen LogP contribution < -0.4 is 19.1 Å². The molecule has 0 aliphatic carbocycles. The van der Waals surface area contributed by atoms with Gasteiger partial charge in [-0.05, 0) is 66.1 Å². The second-order valence-electron chi connectivity index (χ2n) is 10.4. The van der Waals surface area contributed by atoms with Gasteiger partial charge in [-0.2, -0.15) is 0 Å². The smallest absolute Gasteiger partial charge is 0.264 e. The summed E-state index contributed by atoms with van der Waals surface area (Å²) >= 11 is 0. The van der Waals surface area contributed by atoms with Gasteiger partial charge in [-0.1, -0.05) is 67.6 Å². The van der Waals surface area contributed by atoms with Crippen molar-refractivity contribution in [3.05, 3.63) is 120 Å². The lowest BCUT2D eigenvalue weighted by molar-refractivity contribution is -0.140. The minimum atomic E-state index is -4.20. The molecule has 0 aliphatic heterocycles. The summed E-state index contributed by atoms with van der Waals surface area (Å²) < 4.78 is 39.9. The molecule has 0 unspecified atom stereocenters. The van der Waals surface area contributed by atoms with Crippen molar-refractivity contribution in [2.24, 2.45) is 0 Å². The Balaban J connectivity index is 1.78. The molecule has 1 atom stereocenters. The lowest BCUT2D eigenvalue weighted by Crippen LogP contribution is -2.53. The van der Waals surface area contributed by atoms with Crippen molar-refractivity contribution in [2.75, 3.05) is 31.6 Å². The van der Waals surface area contributed by atoms with Gasteiger partial charge in [0.2, 0.25) is 11.8 Å². The van der Waals surface area contributed by atoms with Gasteiger partial charge in [0, 0.05) is 19.5 Å². The Kier molecular flexibility index (Phi) is 11.6. The average molecular weight is 630 g/mol. The number of nitrogens with one attached hydrogen (secondary N) is 1. The molecule has 45 heavy (non-hydrogen) atoms. The number of para-hydroxylation sites is 1. The standard InChI is InChI=1S/C35H39N3O6S/c1-4-22-36-35(40)33(24-27-12-7-5-8-13-27)37(25-28-14-11-17-31(23-28)44-3)34(39)26-38(29-15-9-6-10-16-29)45(41,42)32-20-18-30(43-2)19-21-32/h5-21,23,33H,4,22,24-26H2,1-3H3,(H,36,40)/t33-/m0/s1. The highest BCUT2D eigenvalue weighted by molar-refractivity contribution is 7.92. The summed E-state index contributed by atoms with van der Waals surface area (Å²) in [6, 6.07) is 30.2. The number of benzene rings is 4. The fourth-order valence-corrected chi connectivity index (χ4v) is 6.30. The molecule has 0 aromatic heterocycles. The van der Waals surface area contributed by atoms with Gasteiger partial charge in [-0.3, -0.25) is 13.9 Å². The zero-order chi connectivity index (χ0) is 32.2. The molecule has 4 aromatic rings. The van der Waals surface area contributed by atoms with Crippen LogP contribution in [-0.4, -0.2) is 58.5 Å². The Morgan fingerprint density at radius 1 is 0.778 bits per heavy atom. The van der Waals surface area contributed by atoms with Crippen molar-refractivity contribution >= 4 is 27.5 Å². The Bertz CT molecular complexity index is 1650. The second-order valence-corrected chi connectivity index (χ2v) is 12.3. The number of ether oxygens (including phenoxy) is 2. The Labute approximate surface area is 265 Å². The van der Waals surface area contributed by atoms with Crippen LogP contribution in [0.25, 0.3) is 0 Å². The normalized spacial score (nSPS) is 11.7. The predicted octanol–water partition coefficient (Wildman–Crippen LogP) is 5.07. The monoisotopic (exact) mass is 629 g/mol. The molecule has 9 nitrogen and oxygen atoms in total. The summed E-state index contributed by atoms with van der Waals surface area (Å²) in [4.78, 5) is 29.7. The molecule has 0 saturated heterocycles. The Hall–Kier alpha value is -4.83. The van der Waals surface area contributed by atoms with Gasteiger partial charge in [0.25, 0.3) is 10.0 Å². The molecular formula is C35H39N3O6S. The van der Waals surface area contributed by atoms with Gasteiger partial charge in [-0.15, -0.1) is 0 Å². The number of amides is 2. The summed E-state index contributed by atoms with van der Waals surface area (Å²) in [7, 11) is -1.15. The summed E-state index contributed by atoms with van der Waals surface area (Å²) in [5, 5.41) is 2.95. The molecule has 0 fully saturated rings. The van der Waals surface area contributed by atoms with Crippen molar-refractivity contribution < 1.29 is 27.5 Å². The van der Waals surface area contributed by atoms with Crippen molar-refractivity contribution in [1.29, 1.82) is 0 Å². The molecule has 2 amide bonds. The van der Waals surface area contributed by atoms with Crippen LogP contribution >= 0.6 is 0 Å². The summed E-state index contributed by atoms with van der Waals surface area (Å²) in [5.74, 6) is 0.248. The highest BCUT2D eigenvalue weighted by Crippen LogP contribution is 2.26. The van der Waals surface area contributed by atoms with Crippen LogP contribution in [0.4, 0.5) is 5.69 Å².